The van der Waals surface area contributed by atoms with Gasteiger partial charge < -0.3 is 20.1 Å². The fourth-order valence-electron chi connectivity index (χ4n) is 3.42. The van der Waals surface area contributed by atoms with Crippen molar-refractivity contribution >= 4 is 17.5 Å². The fraction of sp³-hybridized carbons (Fsp3) is 0.500. The molecule has 1 saturated carbocycles. The molecule has 1 aliphatic carbocycles. The monoisotopic (exact) mass is 356 g/mol. The summed E-state index contributed by atoms with van der Waals surface area (Å²) in [5.41, 5.74) is 1.76. The molecule has 140 valence electrons. The van der Waals surface area contributed by atoms with Crippen molar-refractivity contribution in [1.29, 1.82) is 0 Å². The molecule has 0 aliphatic heterocycles. The van der Waals surface area contributed by atoms with Crippen molar-refractivity contribution in [2.24, 2.45) is 11.8 Å². The highest BCUT2D eigenvalue weighted by Crippen LogP contribution is 2.35. The summed E-state index contributed by atoms with van der Waals surface area (Å²) >= 11 is 0. The highest BCUT2D eigenvalue weighted by molar-refractivity contribution is 5.60. The average molecular weight is 356 g/mol. The quantitative estimate of drug-likeness (QED) is 0.767. The van der Waals surface area contributed by atoms with Gasteiger partial charge in [0.25, 0.3) is 0 Å². The van der Waals surface area contributed by atoms with Gasteiger partial charge in [-0.15, -0.1) is 0 Å². The minimum atomic E-state index is 0.551. The lowest BCUT2D eigenvalue weighted by Gasteiger charge is -2.18. The first kappa shape index (κ1) is 18.3. The molecule has 1 aromatic heterocycles. The van der Waals surface area contributed by atoms with Gasteiger partial charge in [-0.3, -0.25) is 0 Å². The molecule has 6 nitrogen and oxygen atoms in total. The topological polar surface area (TPSA) is 68.3 Å². The molecule has 1 fully saturated rings. The zero-order chi connectivity index (χ0) is 18.5. The number of aryl methyl sites for hydroxylation is 1. The third kappa shape index (κ3) is 4.36. The molecular formula is C20H28N4O2. The maximum Gasteiger partial charge on any atom is 0.229 e. The van der Waals surface area contributed by atoms with Crippen molar-refractivity contribution in [3.8, 4) is 11.5 Å². The molecule has 3 rings (SSSR count). The van der Waals surface area contributed by atoms with Crippen LogP contribution in [0, 0.1) is 18.8 Å². The molecule has 2 atom stereocenters. The molecule has 2 aromatic rings. The normalized spacial score (nSPS) is 19.2. The summed E-state index contributed by atoms with van der Waals surface area (Å²) in [5.74, 6) is 4.16. The van der Waals surface area contributed by atoms with Crippen LogP contribution in [0.4, 0.5) is 17.5 Å². The Kier molecular flexibility index (Phi) is 5.81. The molecule has 0 amide bonds. The van der Waals surface area contributed by atoms with E-state index in [0.29, 0.717) is 11.9 Å². The molecule has 0 bridgehead atoms. The number of aromatic nitrogens is 2. The van der Waals surface area contributed by atoms with E-state index in [9.17, 15) is 0 Å². The largest absolute Gasteiger partial charge is 0.493 e. The third-order valence-corrected chi connectivity index (χ3v) is 5.02. The molecular weight excluding hydrogens is 328 g/mol. The predicted molar refractivity (Wildman–Crippen MR) is 105 cm³/mol. The molecule has 6 heteroatoms. The predicted octanol–water partition coefficient (Wildman–Crippen LogP) is 4.39. The van der Waals surface area contributed by atoms with E-state index >= 15 is 0 Å². The first-order chi connectivity index (χ1) is 12.6. The van der Waals surface area contributed by atoms with Crippen LogP contribution in [0.3, 0.4) is 0 Å². The summed E-state index contributed by atoms with van der Waals surface area (Å²) < 4.78 is 11.6. The third-order valence-electron chi connectivity index (χ3n) is 5.02. The molecule has 1 aromatic carbocycles. The van der Waals surface area contributed by atoms with Crippen LogP contribution in [-0.4, -0.2) is 30.7 Å². The van der Waals surface area contributed by atoms with Crippen LogP contribution in [-0.2, 0) is 0 Å². The van der Waals surface area contributed by atoms with E-state index in [-0.39, 0.29) is 0 Å². The Balaban J connectivity index is 1.75. The summed E-state index contributed by atoms with van der Waals surface area (Å²) in [5, 5.41) is 6.29. The minimum absolute atomic E-state index is 0.551. The second-order valence-electron chi connectivity index (χ2n) is 6.94. The van der Waals surface area contributed by atoms with Crippen LogP contribution in [0.15, 0.2) is 24.3 Å². The molecule has 1 aliphatic rings. The zero-order valence-corrected chi connectivity index (χ0v) is 16.0. The smallest absolute Gasteiger partial charge is 0.229 e. The number of ether oxygens (including phenoxy) is 2. The summed E-state index contributed by atoms with van der Waals surface area (Å²) in [6, 6.07) is 7.69. The number of nitrogens with one attached hydrogen (secondary N) is 2. The number of hydrogen-bond acceptors (Lipinski definition) is 6. The number of nitrogens with zero attached hydrogens (tertiary/aromatic N) is 2. The number of methoxy groups -OCH3 is 1. The van der Waals surface area contributed by atoms with Crippen LogP contribution in [0.1, 0.15) is 31.9 Å². The van der Waals surface area contributed by atoms with E-state index in [0.717, 1.165) is 41.2 Å². The van der Waals surface area contributed by atoms with Gasteiger partial charge in [0.05, 0.1) is 13.7 Å². The lowest BCUT2D eigenvalue weighted by atomic mass is 9.99. The Bertz CT molecular complexity index is 751. The lowest BCUT2D eigenvalue weighted by molar-refractivity contribution is 0.214. The second kappa shape index (κ2) is 8.25. The Labute approximate surface area is 155 Å². The van der Waals surface area contributed by atoms with E-state index in [1.165, 1.54) is 19.3 Å². The van der Waals surface area contributed by atoms with Crippen LogP contribution in [0.2, 0.25) is 0 Å². The summed E-state index contributed by atoms with van der Waals surface area (Å²) in [6.07, 6.45) is 3.84. The van der Waals surface area contributed by atoms with Gasteiger partial charge in [-0.2, -0.15) is 4.98 Å². The Hall–Kier alpha value is -2.50. The lowest BCUT2D eigenvalue weighted by Crippen LogP contribution is -2.14. The zero-order valence-electron chi connectivity index (χ0n) is 16.0. The van der Waals surface area contributed by atoms with Gasteiger partial charge in [0.1, 0.15) is 5.82 Å². The van der Waals surface area contributed by atoms with E-state index in [4.69, 9.17) is 9.47 Å². The Morgan fingerprint density at radius 3 is 2.69 bits per heavy atom. The molecule has 2 N–H and O–H groups in total. The van der Waals surface area contributed by atoms with Crippen molar-refractivity contribution in [1.82, 2.24) is 9.97 Å². The molecule has 0 radical (unpaired) electrons. The van der Waals surface area contributed by atoms with E-state index < -0.39 is 0 Å². The molecule has 0 spiro atoms. The number of anilines is 3. The van der Waals surface area contributed by atoms with Gasteiger partial charge in [-0.25, -0.2) is 4.98 Å². The van der Waals surface area contributed by atoms with Crippen LogP contribution >= 0.6 is 0 Å². The molecule has 0 unspecified atom stereocenters. The van der Waals surface area contributed by atoms with Gasteiger partial charge in [-0.1, -0.05) is 19.8 Å². The van der Waals surface area contributed by atoms with Crippen LogP contribution in [0.25, 0.3) is 0 Å². The highest BCUT2D eigenvalue weighted by Gasteiger charge is 2.24. The molecule has 26 heavy (non-hydrogen) atoms. The van der Waals surface area contributed by atoms with E-state index in [1.807, 2.05) is 38.2 Å². The fourth-order valence-corrected chi connectivity index (χ4v) is 3.42. The maximum atomic E-state index is 6.11. The number of benzene rings is 1. The second-order valence-corrected chi connectivity index (χ2v) is 6.94. The first-order valence-corrected chi connectivity index (χ1v) is 9.20. The average Bonchev–Trinajstić information content (AvgIpc) is 3.04. The van der Waals surface area contributed by atoms with E-state index in [1.54, 1.807) is 7.11 Å². The maximum absolute atomic E-state index is 6.11. The summed E-state index contributed by atoms with van der Waals surface area (Å²) in [7, 11) is 3.51. The van der Waals surface area contributed by atoms with Gasteiger partial charge in [0.2, 0.25) is 5.95 Å². The van der Waals surface area contributed by atoms with Crippen molar-refractivity contribution in [2.75, 3.05) is 31.4 Å². The van der Waals surface area contributed by atoms with Gasteiger partial charge >= 0.3 is 0 Å². The van der Waals surface area contributed by atoms with Gasteiger partial charge in [0, 0.05) is 30.6 Å². The highest BCUT2D eigenvalue weighted by atomic mass is 16.5. The number of hydrogen-bond donors (Lipinski definition) is 2. The van der Waals surface area contributed by atoms with Crippen molar-refractivity contribution in [2.45, 2.75) is 33.1 Å². The van der Waals surface area contributed by atoms with Gasteiger partial charge in [-0.05, 0) is 37.3 Å². The SMILES string of the molecule is CNc1cc(C)nc(Nc2ccc(OC)c(OC[C@H]3CCC[C@@H]3C)c2)n1. The standard InChI is InChI=1S/C20H28N4O2/c1-13-6-5-7-15(13)12-26-18-11-16(8-9-17(18)25-4)23-20-22-14(2)10-19(21-3)24-20/h8-11,13,15H,5-7,12H2,1-4H3,(H2,21,22,23,24)/t13-,15+/m0/s1. The summed E-state index contributed by atoms with van der Waals surface area (Å²) in [6.45, 7) is 4.98. The molecule has 0 saturated heterocycles. The van der Waals surface area contributed by atoms with Crippen LogP contribution < -0.4 is 20.1 Å². The minimum Gasteiger partial charge on any atom is -0.493 e. The number of rotatable bonds is 7. The van der Waals surface area contributed by atoms with Gasteiger partial charge in [0.15, 0.2) is 11.5 Å². The molecule has 1 heterocycles. The van der Waals surface area contributed by atoms with Crippen molar-refractivity contribution in [3.05, 3.63) is 30.0 Å². The van der Waals surface area contributed by atoms with E-state index in [2.05, 4.69) is 27.5 Å². The van der Waals surface area contributed by atoms with Crippen molar-refractivity contribution in [3.63, 3.8) is 0 Å². The summed E-state index contributed by atoms with van der Waals surface area (Å²) in [4.78, 5) is 8.87. The Morgan fingerprint density at radius 2 is 2.00 bits per heavy atom. The first-order valence-electron chi connectivity index (χ1n) is 9.20. The Morgan fingerprint density at radius 1 is 1.15 bits per heavy atom. The van der Waals surface area contributed by atoms with Crippen molar-refractivity contribution < 1.29 is 9.47 Å². The van der Waals surface area contributed by atoms with Crippen LogP contribution in [0.5, 0.6) is 11.5 Å².